The van der Waals surface area contributed by atoms with Gasteiger partial charge in [0.25, 0.3) is 0 Å². The second kappa shape index (κ2) is 6.09. The maximum atomic E-state index is 5.05. The Balaban J connectivity index is 1.58. The highest BCUT2D eigenvalue weighted by Crippen LogP contribution is 2.28. The van der Waals surface area contributed by atoms with E-state index in [0.717, 1.165) is 12.5 Å². The predicted molar refractivity (Wildman–Crippen MR) is 66.2 cm³/mol. The maximum Gasteiger partial charge on any atom is 0.0947 e. The van der Waals surface area contributed by atoms with Crippen molar-refractivity contribution in [2.24, 2.45) is 5.92 Å². The summed E-state index contributed by atoms with van der Waals surface area (Å²) in [7, 11) is 0. The van der Waals surface area contributed by atoms with Crippen LogP contribution in [0.2, 0.25) is 0 Å². The molecule has 1 aliphatic rings. The lowest BCUT2D eigenvalue weighted by molar-refractivity contribution is 0.419. The Morgan fingerprint density at radius 2 is 2.25 bits per heavy atom. The van der Waals surface area contributed by atoms with Crippen LogP contribution in [0, 0.1) is 5.92 Å². The Hall–Kier alpha value is -0.760. The van der Waals surface area contributed by atoms with Crippen molar-refractivity contribution in [3.8, 4) is 0 Å². The zero-order valence-corrected chi connectivity index (χ0v) is 10.2. The van der Waals surface area contributed by atoms with E-state index in [0.29, 0.717) is 6.04 Å². The molecule has 2 rings (SSSR count). The summed E-state index contributed by atoms with van der Waals surface area (Å²) in [5.41, 5.74) is 1.24. The molecule has 0 aliphatic heterocycles. The van der Waals surface area contributed by atoms with Crippen LogP contribution in [0.15, 0.2) is 23.0 Å². The molecule has 1 saturated carbocycles. The van der Waals surface area contributed by atoms with Gasteiger partial charge in [-0.3, -0.25) is 0 Å². The molecule has 0 radical (unpaired) electrons. The average molecular weight is 221 g/mol. The molecule has 0 saturated heterocycles. The number of furan rings is 1. The van der Waals surface area contributed by atoms with E-state index in [2.05, 4.69) is 12.2 Å². The van der Waals surface area contributed by atoms with E-state index in [4.69, 9.17) is 4.42 Å². The molecule has 0 amide bonds. The van der Waals surface area contributed by atoms with Crippen molar-refractivity contribution in [1.29, 1.82) is 0 Å². The van der Waals surface area contributed by atoms with Crippen LogP contribution in [0.5, 0.6) is 0 Å². The van der Waals surface area contributed by atoms with E-state index in [1.165, 1.54) is 44.1 Å². The fourth-order valence-corrected chi connectivity index (χ4v) is 2.57. The van der Waals surface area contributed by atoms with Crippen LogP contribution >= 0.6 is 0 Å². The summed E-state index contributed by atoms with van der Waals surface area (Å²) in [5.74, 6) is 1.01. The first-order valence-corrected chi connectivity index (χ1v) is 6.59. The molecule has 1 N–H and O–H groups in total. The molecule has 1 unspecified atom stereocenters. The normalized spacial score (nSPS) is 19.1. The number of nitrogens with one attached hydrogen (secondary N) is 1. The zero-order chi connectivity index (χ0) is 11.2. The summed E-state index contributed by atoms with van der Waals surface area (Å²) in [6, 6.07) is 2.65. The van der Waals surface area contributed by atoms with Gasteiger partial charge < -0.3 is 9.73 Å². The molecule has 0 bridgehead atoms. The largest absolute Gasteiger partial charge is 0.472 e. The van der Waals surface area contributed by atoms with Gasteiger partial charge in [0, 0.05) is 18.2 Å². The molecule has 2 nitrogen and oxygen atoms in total. The van der Waals surface area contributed by atoms with Crippen LogP contribution in [0.1, 0.15) is 51.0 Å². The zero-order valence-electron chi connectivity index (χ0n) is 10.2. The van der Waals surface area contributed by atoms with Crippen LogP contribution in [0.3, 0.4) is 0 Å². The first-order valence-electron chi connectivity index (χ1n) is 6.59. The fraction of sp³-hybridized carbons (Fsp3) is 0.714. The van der Waals surface area contributed by atoms with E-state index >= 15 is 0 Å². The third-order valence-electron chi connectivity index (χ3n) is 3.72. The van der Waals surface area contributed by atoms with Gasteiger partial charge in [0.05, 0.1) is 12.5 Å². The molecule has 0 aromatic carbocycles. The summed E-state index contributed by atoms with van der Waals surface area (Å²) in [4.78, 5) is 0. The van der Waals surface area contributed by atoms with Crippen molar-refractivity contribution < 1.29 is 4.42 Å². The van der Waals surface area contributed by atoms with Crippen molar-refractivity contribution in [3.05, 3.63) is 24.2 Å². The summed E-state index contributed by atoms with van der Waals surface area (Å²) >= 11 is 0. The third kappa shape index (κ3) is 3.67. The quantitative estimate of drug-likeness (QED) is 0.792. The summed E-state index contributed by atoms with van der Waals surface area (Å²) in [6.45, 7) is 3.22. The molecule has 1 aromatic rings. The smallest absolute Gasteiger partial charge is 0.0947 e. The van der Waals surface area contributed by atoms with E-state index in [-0.39, 0.29) is 0 Å². The minimum atomic E-state index is 0.621. The molecular formula is C14H23NO. The molecule has 90 valence electrons. The van der Waals surface area contributed by atoms with Gasteiger partial charge in [-0.1, -0.05) is 25.7 Å². The SMILES string of the molecule is CC(CCC1CCCC1)NCc1ccoc1. The lowest BCUT2D eigenvalue weighted by atomic mass is 9.99. The lowest BCUT2D eigenvalue weighted by Gasteiger charge is -2.15. The number of hydrogen-bond acceptors (Lipinski definition) is 2. The van der Waals surface area contributed by atoms with Gasteiger partial charge >= 0.3 is 0 Å². The van der Waals surface area contributed by atoms with Gasteiger partial charge in [-0.05, 0) is 31.7 Å². The van der Waals surface area contributed by atoms with Crippen molar-refractivity contribution in [2.45, 2.75) is 58.0 Å². The average Bonchev–Trinajstić information content (AvgIpc) is 2.96. The van der Waals surface area contributed by atoms with E-state index in [9.17, 15) is 0 Å². The molecule has 0 spiro atoms. The van der Waals surface area contributed by atoms with Gasteiger partial charge in [0.1, 0.15) is 0 Å². The summed E-state index contributed by atoms with van der Waals surface area (Å²) in [6.07, 6.45) is 12.1. The minimum absolute atomic E-state index is 0.621. The molecule has 1 fully saturated rings. The summed E-state index contributed by atoms with van der Waals surface area (Å²) in [5, 5.41) is 3.55. The molecule has 1 aromatic heterocycles. The van der Waals surface area contributed by atoms with E-state index < -0.39 is 0 Å². The topological polar surface area (TPSA) is 25.2 Å². The van der Waals surface area contributed by atoms with Crippen molar-refractivity contribution in [3.63, 3.8) is 0 Å². The predicted octanol–water partition coefficient (Wildman–Crippen LogP) is 3.73. The highest BCUT2D eigenvalue weighted by molar-refractivity contribution is 5.04. The number of rotatable bonds is 6. The van der Waals surface area contributed by atoms with Gasteiger partial charge in [-0.15, -0.1) is 0 Å². The van der Waals surface area contributed by atoms with E-state index in [1.807, 2.05) is 12.3 Å². The monoisotopic (exact) mass is 221 g/mol. The van der Waals surface area contributed by atoms with Gasteiger partial charge in [-0.2, -0.15) is 0 Å². The minimum Gasteiger partial charge on any atom is -0.472 e. The molecular weight excluding hydrogens is 198 g/mol. The Morgan fingerprint density at radius 3 is 2.94 bits per heavy atom. The summed E-state index contributed by atoms with van der Waals surface area (Å²) < 4.78 is 5.05. The van der Waals surface area contributed by atoms with Crippen LogP contribution in [-0.4, -0.2) is 6.04 Å². The Labute approximate surface area is 98.4 Å². The first-order chi connectivity index (χ1) is 7.84. The third-order valence-corrected chi connectivity index (χ3v) is 3.72. The van der Waals surface area contributed by atoms with Crippen molar-refractivity contribution in [2.75, 3.05) is 0 Å². The molecule has 1 heterocycles. The van der Waals surface area contributed by atoms with Crippen LogP contribution in [0.4, 0.5) is 0 Å². The van der Waals surface area contributed by atoms with Crippen LogP contribution < -0.4 is 5.32 Å². The number of hydrogen-bond donors (Lipinski definition) is 1. The van der Waals surface area contributed by atoms with Crippen LogP contribution in [0.25, 0.3) is 0 Å². The van der Waals surface area contributed by atoms with Gasteiger partial charge in [0.15, 0.2) is 0 Å². The van der Waals surface area contributed by atoms with Gasteiger partial charge in [0.2, 0.25) is 0 Å². The first kappa shape index (κ1) is 11.7. The second-order valence-electron chi connectivity index (χ2n) is 5.14. The second-order valence-corrected chi connectivity index (χ2v) is 5.14. The Morgan fingerprint density at radius 1 is 1.44 bits per heavy atom. The lowest BCUT2D eigenvalue weighted by Crippen LogP contribution is -2.25. The Kier molecular flexibility index (Phi) is 4.46. The highest BCUT2D eigenvalue weighted by Gasteiger charge is 2.15. The van der Waals surface area contributed by atoms with E-state index in [1.54, 1.807) is 6.26 Å². The fourth-order valence-electron chi connectivity index (χ4n) is 2.57. The standard InChI is InChI=1S/C14H23NO/c1-12(6-7-13-4-2-3-5-13)15-10-14-8-9-16-11-14/h8-9,11-13,15H,2-7,10H2,1H3. The van der Waals surface area contributed by atoms with Crippen molar-refractivity contribution >= 4 is 0 Å². The molecule has 1 aliphatic carbocycles. The van der Waals surface area contributed by atoms with Crippen molar-refractivity contribution in [1.82, 2.24) is 5.32 Å². The Bertz CT molecular complexity index is 275. The molecule has 16 heavy (non-hydrogen) atoms. The van der Waals surface area contributed by atoms with Gasteiger partial charge in [-0.25, -0.2) is 0 Å². The maximum absolute atomic E-state index is 5.05. The highest BCUT2D eigenvalue weighted by atomic mass is 16.3. The molecule has 2 heteroatoms. The van der Waals surface area contributed by atoms with Crippen LogP contribution in [-0.2, 0) is 6.54 Å². The molecule has 1 atom stereocenters.